The Morgan fingerprint density at radius 2 is 1.20 bits per heavy atom. The molecule has 13 nitrogen and oxygen atoms in total. The average molecular weight is 867 g/mol. The van der Waals surface area contributed by atoms with Crippen LogP contribution < -0.4 is 0 Å². The fourth-order valence-corrected chi connectivity index (χ4v) is 5.92. The van der Waals surface area contributed by atoms with Crippen LogP contribution in [0.3, 0.4) is 0 Å². The molecule has 1 unspecified atom stereocenters. The van der Waals surface area contributed by atoms with Crippen molar-refractivity contribution in [1.29, 1.82) is 0 Å². The van der Waals surface area contributed by atoms with Crippen LogP contribution in [-0.4, -0.2) is 99.3 Å². The van der Waals surface area contributed by atoms with Crippen LogP contribution >= 0.6 is 7.82 Å². The van der Waals surface area contributed by atoms with Gasteiger partial charge in [-0.15, -0.1) is 0 Å². The van der Waals surface area contributed by atoms with E-state index in [1.54, 1.807) is 42.5 Å². The molecule has 14 heteroatoms. The number of phosphoric ester groups is 1. The summed E-state index contributed by atoms with van der Waals surface area (Å²) in [6, 6.07) is 0. The molecule has 0 spiro atoms. The maximum Gasteiger partial charge on any atom is 0.472 e. The van der Waals surface area contributed by atoms with Gasteiger partial charge in [0.15, 0.2) is 6.10 Å². The highest BCUT2D eigenvalue weighted by Crippen LogP contribution is 2.43. The highest BCUT2D eigenvalue weighted by Gasteiger charge is 2.27. The first-order valence-corrected chi connectivity index (χ1v) is 23.0. The van der Waals surface area contributed by atoms with Gasteiger partial charge >= 0.3 is 19.8 Å². The predicted octanol–water partition coefficient (Wildman–Crippen LogP) is 8.13. The summed E-state index contributed by atoms with van der Waals surface area (Å²) in [7, 11) is -4.73. The molecule has 0 heterocycles. The third-order valence-electron chi connectivity index (χ3n) is 8.59. The molecule has 0 amide bonds. The maximum atomic E-state index is 12.6. The van der Waals surface area contributed by atoms with Crippen LogP contribution in [0.25, 0.3) is 0 Å². The molecule has 0 aliphatic carbocycles. The van der Waals surface area contributed by atoms with E-state index in [0.29, 0.717) is 6.42 Å². The van der Waals surface area contributed by atoms with Gasteiger partial charge in [-0.05, 0) is 64.2 Å². The lowest BCUT2D eigenvalue weighted by molar-refractivity contribution is -0.161. The molecule has 6 N–H and O–H groups in total. The second-order valence-electron chi connectivity index (χ2n) is 14.2. The number of ether oxygens (including phenoxy) is 2. The summed E-state index contributed by atoms with van der Waals surface area (Å²) >= 11 is 0. The van der Waals surface area contributed by atoms with Gasteiger partial charge in [-0.2, -0.15) is 0 Å². The van der Waals surface area contributed by atoms with Crippen molar-refractivity contribution in [2.75, 3.05) is 26.4 Å². The Morgan fingerprint density at radius 1 is 0.617 bits per heavy atom. The second-order valence-corrected chi connectivity index (χ2v) is 15.7. The second kappa shape index (κ2) is 39.9. The number of hydrogen-bond donors (Lipinski definition) is 6. The number of rotatable bonds is 38. The SMILES string of the molecule is CC/C=C\C/C=C\C/C=C\C/C=C\CCCCCCC(=O)OC[C@H](COP(=O)(O)OC[C@@H](O)CO)OC(=O)CCC[C@H](O)[C@@H](O)/C=C/C=C/C=C\C=C\[C@@H](O)CCCCC. The van der Waals surface area contributed by atoms with Crippen molar-refractivity contribution in [3.63, 3.8) is 0 Å². The summed E-state index contributed by atoms with van der Waals surface area (Å²) in [5, 5.41) is 48.8. The van der Waals surface area contributed by atoms with Crippen LogP contribution in [0.15, 0.2) is 97.2 Å². The first-order chi connectivity index (χ1) is 28.9. The number of carbonyl (C=O) groups excluding carboxylic acids is 2. The number of allylic oxidation sites excluding steroid dienone is 14. The summed E-state index contributed by atoms with van der Waals surface area (Å²) in [6.45, 7) is 1.71. The van der Waals surface area contributed by atoms with Crippen LogP contribution in [0.2, 0.25) is 0 Å². The molecule has 0 saturated carbocycles. The van der Waals surface area contributed by atoms with E-state index in [1.165, 1.54) is 6.08 Å². The van der Waals surface area contributed by atoms with Crippen LogP contribution in [0.4, 0.5) is 0 Å². The lowest BCUT2D eigenvalue weighted by atomic mass is 10.1. The van der Waals surface area contributed by atoms with Gasteiger partial charge in [-0.1, -0.05) is 143 Å². The predicted molar refractivity (Wildman–Crippen MR) is 237 cm³/mol. The molecule has 0 aromatic rings. The maximum absolute atomic E-state index is 12.6. The minimum absolute atomic E-state index is 0.0576. The number of carbonyl (C=O) groups is 2. The monoisotopic (exact) mass is 866 g/mol. The smallest absolute Gasteiger partial charge is 0.462 e. The zero-order valence-electron chi connectivity index (χ0n) is 36.0. The number of aliphatic hydroxyl groups is 5. The Labute approximate surface area is 359 Å². The van der Waals surface area contributed by atoms with E-state index in [0.717, 1.165) is 77.0 Å². The molecule has 0 aliphatic heterocycles. The van der Waals surface area contributed by atoms with Crippen molar-refractivity contribution in [2.45, 2.75) is 154 Å². The Kier molecular flexibility index (Phi) is 37.7. The lowest BCUT2D eigenvalue weighted by Crippen LogP contribution is -2.30. The summed E-state index contributed by atoms with van der Waals surface area (Å²) in [6.07, 6.45) is 37.3. The molecule has 0 radical (unpaired) electrons. The quantitative estimate of drug-likeness (QED) is 0.0114. The van der Waals surface area contributed by atoms with Crippen LogP contribution in [0, 0.1) is 0 Å². The Morgan fingerprint density at radius 3 is 1.85 bits per heavy atom. The van der Waals surface area contributed by atoms with Crippen molar-refractivity contribution >= 4 is 19.8 Å². The van der Waals surface area contributed by atoms with E-state index < -0.39 is 76.7 Å². The molecule has 0 rings (SSSR count). The van der Waals surface area contributed by atoms with Crippen molar-refractivity contribution in [1.82, 2.24) is 0 Å². The van der Waals surface area contributed by atoms with Gasteiger partial charge in [-0.25, -0.2) is 4.57 Å². The van der Waals surface area contributed by atoms with Gasteiger partial charge < -0.3 is 39.9 Å². The van der Waals surface area contributed by atoms with Crippen LogP contribution in [0.1, 0.15) is 123 Å². The summed E-state index contributed by atoms with van der Waals surface area (Å²) in [5.41, 5.74) is 0. The summed E-state index contributed by atoms with van der Waals surface area (Å²) in [5.74, 6) is -1.29. The number of aliphatic hydroxyl groups excluding tert-OH is 5. The zero-order valence-corrected chi connectivity index (χ0v) is 36.9. The van der Waals surface area contributed by atoms with E-state index in [2.05, 4.69) is 67.0 Å². The number of unbranched alkanes of at least 4 members (excludes halogenated alkanes) is 6. The largest absolute Gasteiger partial charge is 0.472 e. The van der Waals surface area contributed by atoms with Gasteiger partial charge in [0, 0.05) is 12.8 Å². The van der Waals surface area contributed by atoms with Gasteiger partial charge in [0.1, 0.15) is 12.7 Å². The van der Waals surface area contributed by atoms with Crippen molar-refractivity contribution in [2.24, 2.45) is 0 Å². The molecule has 6 atom stereocenters. The third kappa shape index (κ3) is 37.7. The van der Waals surface area contributed by atoms with E-state index in [1.807, 2.05) is 0 Å². The lowest BCUT2D eigenvalue weighted by Gasteiger charge is -2.20. The minimum Gasteiger partial charge on any atom is -0.462 e. The van der Waals surface area contributed by atoms with Gasteiger partial charge in [0.25, 0.3) is 0 Å². The van der Waals surface area contributed by atoms with Crippen LogP contribution in [-0.2, 0) is 32.7 Å². The highest BCUT2D eigenvalue weighted by molar-refractivity contribution is 7.47. The standard InChI is InChI=1S/C46H75O13P/c1-3-5-7-8-9-10-11-12-13-14-15-16-17-18-19-24-28-34-45(52)56-38-42(39-58-60(54,55)57-37-41(49)36-47)59-46(53)35-29-33-44(51)43(50)32-27-23-21-20-22-26-31-40(48)30-25-6-4-2/h5,7,9-10,12-13,15-16,20-23,26-27,31-32,40-44,47-51H,3-4,6,8,11,14,17-19,24-25,28-30,33-39H2,1-2H3,(H,54,55)/b7-5-,10-9-,13-12-,16-15-,22-20-,23-21+,31-26+,32-27+/t40-,41-,42+,43-,44-/m0/s1. The Balaban J connectivity index is 4.70. The average Bonchev–Trinajstić information content (AvgIpc) is 3.22. The Hall–Kier alpha value is -3.23. The fraction of sp³-hybridized carbons (Fsp3) is 0.609. The minimum atomic E-state index is -4.73. The van der Waals surface area contributed by atoms with E-state index >= 15 is 0 Å². The molecule has 0 fully saturated rings. The third-order valence-corrected chi connectivity index (χ3v) is 9.54. The van der Waals surface area contributed by atoms with E-state index in [4.69, 9.17) is 19.1 Å². The first kappa shape index (κ1) is 56.8. The van der Waals surface area contributed by atoms with Crippen LogP contribution in [0.5, 0.6) is 0 Å². The number of phosphoric acid groups is 1. The number of hydrogen-bond acceptors (Lipinski definition) is 12. The number of esters is 2. The van der Waals surface area contributed by atoms with Gasteiger partial charge in [-0.3, -0.25) is 18.6 Å². The molecule has 0 aliphatic rings. The highest BCUT2D eigenvalue weighted by atomic mass is 31.2. The molecule has 342 valence electrons. The zero-order chi connectivity index (χ0) is 44.5. The molecular weight excluding hydrogens is 791 g/mol. The molecule has 0 bridgehead atoms. The molecule has 60 heavy (non-hydrogen) atoms. The fourth-order valence-electron chi connectivity index (χ4n) is 5.13. The van der Waals surface area contributed by atoms with Gasteiger partial charge in [0.05, 0.1) is 38.1 Å². The van der Waals surface area contributed by atoms with Crippen molar-refractivity contribution < 1.29 is 63.1 Å². The van der Waals surface area contributed by atoms with Gasteiger partial charge in [0.2, 0.25) is 0 Å². The molecule has 0 aromatic carbocycles. The topological polar surface area (TPSA) is 210 Å². The van der Waals surface area contributed by atoms with Crippen molar-refractivity contribution in [3.8, 4) is 0 Å². The van der Waals surface area contributed by atoms with Crippen molar-refractivity contribution in [3.05, 3.63) is 97.2 Å². The van der Waals surface area contributed by atoms with E-state index in [9.17, 15) is 39.5 Å². The molecular formula is C46H75O13P. The van der Waals surface area contributed by atoms with E-state index in [-0.39, 0.29) is 25.7 Å². The Bertz CT molecular complexity index is 1370. The first-order valence-electron chi connectivity index (χ1n) is 21.5. The summed E-state index contributed by atoms with van der Waals surface area (Å²) in [4.78, 5) is 35.0. The molecule has 0 aromatic heterocycles. The summed E-state index contributed by atoms with van der Waals surface area (Å²) < 4.78 is 32.4. The normalized spacial score (nSPS) is 16.3. The molecule has 0 saturated heterocycles.